The van der Waals surface area contributed by atoms with E-state index in [-0.39, 0.29) is 36.4 Å². The van der Waals surface area contributed by atoms with Crippen LogP contribution < -0.4 is 15.4 Å². The van der Waals surface area contributed by atoms with Crippen molar-refractivity contribution in [3.05, 3.63) is 54.0 Å². The Morgan fingerprint density at radius 1 is 1.20 bits per heavy atom. The number of pyridine rings is 2. The number of ether oxygens (including phenoxy) is 1. The van der Waals surface area contributed by atoms with Crippen molar-refractivity contribution >= 4 is 17.4 Å². The molecule has 0 spiro atoms. The summed E-state index contributed by atoms with van der Waals surface area (Å²) in [5.41, 5.74) is 4.51. The van der Waals surface area contributed by atoms with E-state index in [1.54, 1.807) is 24.4 Å². The molecule has 0 radical (unpaired) electrons. The van der Waals surface area contributed by atoms with Crippen LogP contribution >= 0.6 is 0 Å². The van der Waals surface area contributed by atoms with Crippen molar-refractivity contribution < 1.29 is 19.0 Å². The molecule has 184 valence electrons. The molecule has 1 aliphatic carbocycles. The molecular formula is C27H31FN4O3. The van der Waals surface area contributed by atoms with Gasteiger partial charge in [-0.05, 0) is 72.2 Å². The molecule has 0 unspecified atom stereocenters. The fraction of sp³-hybridized carbons (Fsp3) is 0.370. The Bertz CT molecular complexity index is 1240. The normalized spacial score (nSPS) is 14.8. The standard InChI is InChI=1S/C27H31FN4O3/c1-16-9-22(28)24(31-20-14-27(3,4)15-20)13-21(16)19-10-23(32-26(12-19)35-8-7-33)18-5-6-29-25(11-18)30-17(2)34/h5-6,9-13,20,31,33H,7-8,14-15H2,1-4H3,(H,29,30,34). The highest BCUT2D eigenvalue weighted by atomic mass is 19.1. The lowest BCUT2D eigenvalue weighted by Gasteiger charge is -2.43. The first-order valence-electron chi connectivity index (χ1n) is 11.7. The van der Waals surface area contributed by atoms with Gasteiger partial charge in [-0.15, -0.1) is 0 Å². The Hall–Kier alpha value is -3.52. The van der Waals surface area contributed by atoms with Crippen molar-refractivity contribution in [2.45, 2.75) is 46.6 Å². The van der Waals surface area contributed by atoms with Gasteiger partial charge >= 0.3 is 0 Å². The van der Waals surface area contributed by atoms with Crippen LogP contribution in [-0.2, 0) is 4.79 Å². The average Bonchev–Trinajstić information content (AvgIpc) is 2.77. The number of aryl methyl sites for hydroxylation is 1. The fourth-order valence-electron chi connectivity index (χ4n) is 4.56. The van der Waals surface area contributed by atoms with Crippen molar-refractivity contribution in [3.63, 3.8) is 0 Å². The molecule has 1 aliphatic rings. The van der Waals surface area contributed by atoms with E-state index in [0.29, 0.717) is 23.1 Å². The minimum absolute atomic E-state index is 0.0933. The number of aliphatic hydroxyl groups is 1. The third-order valence-corrected chi connectivity index (χ3v) is 6.09. The number of benzene rings is 1. The molecule has 2 heterocycles. The Morgan fingerprint density at radius 3 is 2.66 bits per heavy atom. The molecule has 0 aliphatic heterocycles. The van der Waals surface area contributed by atoms with Crippen LogP contribution in [0.4, 0.5) is 15.9 Å². The third kappa shape index (κ3) is 5.95. The monoisotopic (exact) mass is 478 g/mol. The minimum Gasteiger partial charge on any atom is -0.475 e. The largest absolute Gasteiger partial charge is 0.475 e. The van der Waals surface area contributed by atoms with Crippen LogP contribution in [0, 0.1) is 18.2 Å². The molecule has 8 heteroatoms. The first-order chi connectivity index (χ1) is 16.6. The highest BCUT2D eigenvalue weighted by Crippen LogP contribution is 2.42. The summed E-state index contributed by atoms with van der Waals surface area (Å²) in [6, 6.07) is 10.8. The van der Waals surface area contributed by atoms with Crippen LogP contribution in [0.3, 0.4) is 0 Å². The van der Waals surface area contributed by atoms with Crippen LogP contribution in [0.15, 0.2) is 42.6 Å². The van der Waals surface area contributed by atoms with Crippen LogP contribution in [0.5, 0.6) is 5.88 Å². The number of carbonyl (C=O) groups is 1. The molecule has 1 saturated carbocycles. The SMILES string of the molecule is CC(=O)Nc1cc(-c2cc(-c3cc(NC4CC(C)(C)C4)c(F)cc3C)cc(OCCO)n2)ccn1. The number of nitrogens with one attached hydrogen (secondary N) is 2. The lowest BCUT2D eigenvalue weighted by atomic mass is 9.68. The number of carbonyl (C=O) groups excluding carboxylic acids is 1. The van der Waals surface area contributed by atoms with Crippen molar-refractivity contribution in [3.8, 4) is 28.3 Å². The molecule has 35 heavy (non-hydrogen) atoms. The smallest absolute Gasteiger partial charge is 0.222 e. The molecule has 3 aromatic rings. The van der Waals surface area contributed by atoms with Crippen LogP contribution in [0.25, 0.3) is 22.4 Å². The van der Waals surface area contributed by atoms with Gasteiger partial charge in [-0.3, -0.25) is 4.79 Å². The van der Waals surface area contributed by atoms with Gasteiger partial charge in [-0.2, -0.15) is 0 Å². The number of rotatable bonds is 8. The Labute approximate surface area is 204 Å². The van der Waals surface area contributed by atoms with Gasteiger partial charge in [0.2, 0.25) is 11.8 Å². The van der Waals surface area contributed by atoms with Gasteiger partial charge in [0.1, 0.15) is 18.2 Å². The third-order valence-electron chi connectivity index (χ3n) is 6.09. The molecule has 0 bridgehead atoms. The fourth-order valence-corrected chi connectivity index (χ4v) is 4.56. The molecule has 3 N–H and O–H groups in total. The van der Waals surface area contributed by atoms with E-state index >= 15 is 0 Å². The maximum atomic E-state index is 14.8. The molecule has 4 rings (SSSR count). The van der Waals surface area contributed by atoms with Gasteiger partial charge in [-0.25, -0.2) is 14.4 Å². The second-order valence-corrected chi connectivity index (χ2v) is 9.82. The van der Waals surface area contributed by atoms with Crippen molar-refractivity contribution in [1.82, 2.24) is 9.97 Å². The highest BCUT2D eigenvalue weighted by Gasteiger charge is 2.36. The van der Waals surface area contributed by atoms with E-state index in [2.05, 4.69) is 34.4 Å². The van der Waals surface area contributed by atoms with Gasteiger partial charge in [-0.1, -0.05) is 13.8 Å². The summed E-state index contributed by atoms with van der Waals surface area (Å²) < 4.78 is 20.5. The summed E-state index contributed by atoms with van der Waals surface area (Å²) in [6.07, 6.45) is 3.58. The molecule has 1 fully saturated rings. The van der Waals surface area contributed by atoms with E-state index in [1.807, 2.05) is 19.1 Å². The maximum absolute atomic E-state index is 14.8. The quantitative estimate of drug-likeness (QED) is 0.412. The van der Waals surface area contributed by atoms with E-state index < -0.39 is 0 Å². The van der Waals surface area contributed by atoms with Crippen LogP contribution in [0.2, 0.25) is 0 Å². The summed E-state index contributed by atoms with van der Waals surface area (Å²) in [5.74, 6) is 0.243. The Kier molecular flexibility index (Phi) is 7.03. The van der Waals surface area contributed by atoms with E-state index in [4.69, 9.17) is 4.74 Å². The van der Waals surface area contributed by atoms with Crippen molar-refractivity contribution in [2.75, 3.05) is 23.8 Å². The van der Waals surface area contributed by atoms with Crippen LogP contribution in [-0.4, -0.2) is 40.2 Å². The van der Waals surface area contributed by atoms with Gasteiger partial charge < -0.3 is 20.5 Å². The zero-order chi connectivity index (χ0) is 25.2. The lowest BCUT2D eigenvalue weighted by molar-refractivity contribution is -0.114. The molecule has 7 nitrogen and oxygen atoms in total. The maximum Gasteiger partial charge on any atom is 0.222 e. The van der Waals surface area contributed by atoms with Gasteiger partial charge in [0, 0.05) is 30.8 Å². The number of aliphatic hydroxyl groups excluding tert-OH is 1. The number of hydrogen-bond acceptors (Lipinski definition) is 6. The Balaban J connectivity index is 1.74. The summed E-state index contributed by atoms with van der Waals surface area (Å²) >= 11 is 0. The molecular weight excluding hydrogens is 447 g/mol. The zero-order valence-electron chi connectivity index (χ0n) is 20.5. The first-order valence-corrected chi connectivity index (χ1v) is 11.7. The number of anilines is 2. The van der Waals surface area contributed by atoms with Crippen molar-refractivity contribution in [1.29, 1.82) is 0 Å². The van der Waals surface area contributed by atoms with Gasteiger partial charge in [0.05, 0.1) is 18.0 Å². The van der Waals surface area contributed by atoms with E-state index in [9.17, 15) is 14.3 Å². The second-order valence-electron chi connectivity index (χ2n) is 9.82. The number of nitrogens with zero attached hydrogens (tertiary/aromatic N) is 2. The van der Waals surface area contributed by atoms with Gasteiger partial charge in [0.15, 0.2) is 0 Å². The number of aromatic nitrogens is 2. The average molecular weight is 479 g/mol. The Morgan fingerprint density at radius 2 is 1.97 bits per heavy atom. The molecule has 0 saturated heterocycles. The number of hydrogen-bond donors (Lipinski definition) is 3. The predicted molar refractivity (Wildman–Crippen MR) is 135 cm³/mol. The zero-order valence-corrected chi connectivity index (χ0v) is 20.5. The molecule has 1 aromatic carbocycles. The second kappa shape index (κ2) is 10.00. The number of amides is 1. The van der Waals surface area contributed by atoms with E-state index in [1.165, 1.54) is 13.0 Å². The molecule has 0 atom stereocenters. The number of halogens is 1. The first kappa shape index (κ1) is 24.6. The van der Waals surface area contributed by atoms with Crippen LogP contribution in [0.1, 0.15) is 39.2 Å². The van der Waals surface area contributed by atoms with Crippen molar-refractivity contribution in [2.24, 2.45) is 5.41 Å². The summed E-state index contributed by atoms with van der Waals surface area (Å²) in [5, 5.41) is 15.3. The lowest BCUT2D eigenvalue weighted by Crippen LogP contribution is -2.41. The van der Waals surface area contributed by atoms with E-state index in [0.717, 1.165) is 35.1 Å². The summed E-state index contributed by atoms with van der Waals surface area (Å²) in [7, 11) is 0. The molecule has 2 aromatic heterocycles. The predicted octanol–water partition coefficient (Wildman–Crippen LogP) is 5.19. The highest BCUT2D eigenvalue weighted by molar-refractivity contribution is 5.88. The molecule has 1 amide bonds. The topological polar surface area (TPSA) is 96.4 Å². The summed E-state index contributed by atoms with van der Waals surface area (Å²) in [6.45, 7) is 7.66. The van der Waals surface area contributed by atoms with Gasteiger partial charge in [0.25, 0.3) is 0 Å². The summed E-state index contributed by atoms with van der Waals surface area (Å²) in [4.78, 5) is 20.2. The minimum atomic E-state index is -0.281.